The Balaban J connectivity index is 2.42. The Bertz CT molecular complexity index is 838. The number of halogens is 3. The maximum Gasteiger partial charge on any atom is 0.289 e. The molecule has 0 unspecified atom stereocenters. The van der Waals surface area contributed by atoms with Crippen molar-refractivity contribution in [1.29, 1.82) is 0 Å². The lowest BCUT2D eigenvalue weighted by atomic mass is 10.3. The second-order valence-corrected chi connectivity index (χ2v) is 6.22. The molecule has 2 aromatic carbocycles. The lowest BCUT2D eigenvalue weighted by Crippen LogP contribution is -2.13. The average molecular weight is 349 g/mol. The Hall–Kier alpha value is -2.26. The molecule has 0 amide bonds. The molecule has 10 heteroatoms. The molecule has 0 aliphatic heterocycles. The standard InChI is InChI=1S/C12H7ClF2N2O4S/c13-11-2-1-10(6-12(11)17(18)19)22(20,21)16-9-4-7(14)3-8(15)5-9/h1-6,16H. The number of nitro benzene ring substituents is 1. The topological polar surface area (TPSA) is 89.3 Å². The predicted octanol–water partition coefficient (Wildman–Crippen LogP) is 3.33. The Morgan fingerprint density at radius 2 is 1.68 bits per heavy atom. The van der Waals surface area contributed by atoms with E-state index in [4.69, 9.17) is 11.6 Å². The lowest BCUT2D eigenvalue weighted by Gasteiger charge is -2.08. The van der Waals surface area contributed by atoms with Gasteiger partial charge in [0, 0.05) is 12.1 Å². The zero-order chi connectivity index (χ0) is 16.5. The van der Waals surface area contributed by atoms with Gasteiger partial charge in [-0.25, -0.2) is 17.2 Å². The molecular weight excluding hydrogens is 342 g/mol. The van der Waals surface area contributed by atoms with E-state index in [0.29, 0.717) is 6.07 Å². The van der Waals surface area contributed by atoms with Crippen LogP contribution < -0.4 is 4.72 Å². The van der Waals surface area contributed by atoms with Crippen molar-refractivity contribution in [3.05, 3.63) is 63.2 Å². The second-order valence-electron chi connectivity index (χ2n) is 4.13. The van der Waals surface area contributed by atoms with E-state index in [1.165, 1.54) is 0 Å². The van der Waals surface area contributed by atoms with Gasteiger partial charge in [-0.15, -0.1) is 0 Å². The van der Waals surface area contributed by atoms with E-state index in [9.17, 15) is 27.3 Å². The van der Waals surface area contributed by atoms with Crippen LogP contribution in [0, 0.1) is 21.7 Å². The third-order valence-corrected chi connectivity index (χ3v) is 4.24. The van der Waals surface area contributed by atoms with Crippen molar-refractivity contribution in [2.75, 3.05) is 4.72 Å². The summed E-state index contributed by atoms with van der Waals surface area (Å²) in [5, 5.41) is 10.5. The number of anilines is 1. The molecule has 0 saturated heterocycles. The van der Waals surface area contributed by atoms with E-state index in [-0.39, 0.29) is 10.7 Å². The van der Waals surface area contributed by atoms with Gasteiger partial charge in [0.15, 0.2) is 0 Å². The summed E-state index contributed by atoms with van der Waals surface area (Å²) in [4.78, 5) is 9.45. The van der Waals surface area contributed by atoms with Crippen molar-refractivity contribution < 1.29 is 22.1 Å². The van der Waals surface area contributed by atoms with E-state index >= 15 is 0 Å². The molecule has 0 bridgehead atoms. The van der Waals surface area contributed by atoms with Crippen LogP contribution in [0.4, 0.5) is 20.2 Å². The molecule has 0 aliphatic carbocycles. The molecule has 116 valence electrons. The first kappa shape index (κ1) is 16.1. The summed E-state index contributed by atoms with van der Waals surface area (Å²) in [5.74, 6) is -1.94. The summed E-state index contributed by atoms with van der Waals surface area (Å²) >= 11 is 5.59. The highest BCUT2D eigenvalue weighted by atomic mass is 35.5. The Morgan fingerprint density at radius 1 is 1.09 bits per heavy atom. The number of nitro groups is 1. The maximum atomic E-state index is 13.0. The molecule has 0 saturated carbocycles. The van der Waals surface area contributed by atoms with Gasteiger partial charge >= 0.3 is 0 Å². The molecule has 6 nitrogen and oxygen atoms in total. The van der Waals surface area contributed by atoms with Gasteiger partial charge in [0.05, 0.1) is 15.5 Å². The SMILES string of the molecule is O=[N+]([O-])c1cc(S(=O)(=O)Nc2cc(F)cc(F)c2)ccc1Cl. The molecule has 0 radical (unpaired) electrons. The van der Waals surface area contributed by atoms with Gasteiger partial charge in [0.1, 0.15) is 16.7 Å². The highest BCUT2D eigenvalue weighted by Gasteiger charge is 2.21. The average Bonchev–Trinajstić information content (AvgIpc) is 2.36. The van der Waals surface area contributed by atoms with E-state index in [1.807, 2.05) is 4.72 Å². The summed E-state index contributed by atoms with van der Waals surface area (Å²) < 4.78 is 52.2. The van der Waals surface area contributed by atoms with Crippen LogP contribution in [-0.2, 0) is 10.0 Å². The number of hydrogen-bond acceptors (Lipinski definition) is 4. The highest BCUT2D eigenvalue weighted by Crippen LogP contribution is 2.28. The number of hydrogen-bond donors (Lipinski definition) is 1. The molecule has 0 atom stereocenters. The third kappa shape index (κ3) is 3.49. The maximum absolute atomic E-state index is 13.0. The lowest BCUT2D eigenvalue weighted by molar-refractivity contribution is -0.384. The summed E-state index contributed by atoms with van der Waals surface area (Å²) in [6.45, 7) is 0. The number of sulfonamides is 1. The van der Waals surface area contributed by atoms with Crippen molar-refractivity contribution in [3.8, 4) is 0 Å². The number of nitrogens with one attached hydrogen (secondary N) is 1. The van der Waals surface area contributed by atoms with Gasteiger partial charge in [-0.3, -0.25) is 14.8 Å². The molecule has 0 fully saturated rings. The fourth-order valence-electron chi connectivity index (χ4n) is 1.63. The van der Waals surface area contributed by atoms with E-state index in [2.05, 4.69) is 0 Å². The Morgan fingerprint density at radius 3 is 2.23 bits per heavy atom. The zero-order valence-electron chi connectivity index (χ0n) is 10.6. The summed E-state index contributed by atoms with van der Waals surface area (Å²) in [5.41, 5.74) is -0.954. The monoisotopic (exact) mass is 348 g/mol. The minimum atomic E-state index is -4.27. The number of nitrogens with zero attached hydrogens (tertiary/aromatic N) is 1. The first-order valence-corrected chi connectivity index (χ1v) is 7.48. The third-order valence-electron chi connectivity index (χ3n) is 2.54. The van der Waals surface area contributed by atoms with Crippen LogP contribution in [0.15, 0.2) is 41.3 Å². The van der Waals surface area contributed by atoms with Crippen LogP contribution in [0.25, 0.3) is 0 Å². The molecule has 0 aliphatic rings. The van der Waals surface area contributed by atoms with Gasteiger partial charge in [-0.2, -0.15) is 0 Å². The van der Waals surface area contributed by atoms with E-state index < -0.39 is 37.2 Å². The van der Waals surface area contributed by atoms with E-state index in [1.54, 1.807) is 0 Å². The van der Waals surface area contributed by atoms with Crippen molar-refractivity contribution in [1.82, 2.24) is 0 Å². The first-order valence-electron chi connectivity index (χ1n) is 5.62. The van der Waals surface area contributed by atoms with Crippen LogP contribution in [-0.4, -0.2) is 13.3 Å². The molecule has 0 heterocycles. The first-order chi connectivity index (χ1) is 10.2. The molecule has 2 aromatic rings. The molecular formula is C12H7ClF2N2O4S. The normalized spacial score (nSPS) is 11.2. The van der Waals surface area contributed by atoms with Crippen LogP contribution in [0.2, 0.25) is 5.02 Å². The quantitative estimate of drug-likeness (QED) is 0.678. The second kappa shape index (κ2) is 5.85. The molecule has 0 aromatic heterocycles. The van der Waals surface area contributed by atoms with Crippen molar-refractivity contribution in [2.45, 2.75) is 4.90 Å². The summed E-state index contributed by atoms with van der Waals surface area (Å²) in [6, 6.07) is 4.94. The Labute approximate surface area is 128 Å². The smallest absolute Gasteiger partial charge is 0.279 e. The van der Waals surface area contributed by atoms with Crippen LogP contribution in [0.3, 0.4) is 0 Å². The van der Waals surface area contributed by atoms with Crippen LogP contribution in [0.5, 0.6) is 0 Å². The molecule has 22 heavy (non-hydrogen) atoms. The predicted molar refractivity (Wildman–Crippen MR) is 75.3 cm³/mol. The van der Waals surface area contributed by atoms with Gasteiger partial charge in [-0.1, -0.05) is 11.6 Å². The number of rotatable bonds is 4. The molecule has 2 rings (SSSR count). The Kier molecular flexibility index (Phi) is 4.29. The number of benzene rings is 2. The van der Waals surface area contributed by atoms with E-state index in [0.717, 1.165) is 30.3 Å². The van der Waals surface area contributed by atoms with Gasteiger partial charge in [0.25, 0.3) is 15.7 Å². The fourth-order valence-corrected chi connectivity index (χ4v) is 2.87. The van der Waals surface area contributed by atoms with Crippen molar-refractivity contribution >= 4 is 33.0 Å². The van der Waals surface area contributed by atoms with Crippen molar-refractivity contribution in [2.24, 2.45) is 0 Å². The van der Waals surface area contributed by atoms with Crippen LogP contribution >= 0.6 is 11.6 Å². The molecule has 0 spiro atoms. The minimum absolute atomic E-state index is 0.235. The zero-order valence-corrected chi connectivity index (χ0v) is 12.2. The highest BCUT2D eigenvalue weighted by molar-refractivity contribution is 7.92. The summed E-state index contributed by atoms with van der Waals surface area (Å²) in [6.07, 6.45) is 0. The van der Waals surface area contributed by atoms with Gasteiger partial charge in [-0.05, 0) is 24.3 Å². The minimum Gasteiger partial charge on any atom is -0.279 e. The van der Waals surface area contributed by atoms with Crippen LogP contribution in [0.1, 0.15) is 0 Å². The largest absolute Gasteiger partial charge is 0.289 e. The molecule has 1 N–H and O–H groups in total. The fraction of sp³-hybridized carbons (Fsp3) is 0. The van der Waals surface area contributed by atoms with Gasteiger partial charge in [0.2, 0.25) is 0 Å². The van der Waals surface area contributed by atoms with Crippen molar-refractivity contribution in [3.63, 3.8) is 0 Å². The summed E-state index contributed by atoms with van der Waals surface area (Å²) in [7, 11) is -4.27. The van der Waals surface area contributed by atoms with Gasteiger partial charge < -0.3 is 0 Å².